The van der Waals surface area contributed by atoms with Crippen molar-refractivity contribution >= 4 is 17.6 Å². The molecule has 0 heterocycles. The van der Waals surface area contributed by atoms with Crippen LogP contribution >= 0.6 is 0 Å². The fourth-order valence-electron chi connectivity index (χ4n) is 7.66. The zero-order valence-corrected chi connectivity index (χ0v) is 20.8. The van der Waals surface area contributed by atoms with Gasteiger partial charge in [-0.3, -0.25) is 4.79 Å². The van der Waals surface area contributed by atoms with Gasteiger partial charge in [0.05, 0.1) is 17.4 Å². The monoisotopic (exact) mass is 476 g/mol. The molecule has 0 saturated heterocycles. The summed E-state index contributed by atoms with van der Waals surface area (Å²) in [7, 11) is 0. The molecule has 0 unspecified atom stereocenters. The second-order valence-electron chi connectivity index (χ2n) is 11.8. The van der Waals surface area contributed by atoms with Crippen LogP contribution in [0.3, 0.4) is 0 Å². The van der Waals surface area contributed by atoms with Crippen molar-refractivity contribution in [2.24, 2.45) is 33.7 Å². The summed E-state index contributed by atoms with van der Waals surface area (Å²) in [5, 5.41) is 36.0. The van der Waals surface area contributed by atoms with Gasteiger partial charge < -0.3 is 25.5 Å². The van der Waals surface area contributed by atoms with E-state index in [1.807, 2.05) is 6.92 Å². The molecule has 0 aliphatic heterocycles. The highest BCUT2D eigenvalue weighted by Gasteiger charge is 2.62. The van der Waals surface area contributed by atoms with Gasteiger partial charge in [-0.05, 0) is 99.9 Å². The van der Waals surface area contributed by atoms with Crippen LogP contribution in [0.4, 0.5) is 0 Å². The first kappa shape index (κ1) is 25.2. The van der Waals surface area contributed by atoms with Crippen molar-refractivity contribution in [1.29, 1.82) is 0 Å². The quantitative estimate of drug-likeness (QED) is 0.436. The van der Waals surface area contributed by atoms with E-state index in [4.69, 9.17) is 9.94 Å². The topological polar surface area (TPSA) is 128 Å². The van der Waals surface area contributed by atoms with Gasteiger partial charge in [0.2, 0.25) is 0 Å². The molecule has 0 radical (unpaired) electrons. The Hall–Kier alpha value is -1.93. The standard InChI is InChI=1S/C26H40N2O6/c1-15(29)22(23(31)32)27-21(30)14-34-28-17-7-10-24(2)16(13-17)5-6-18-19(24)8-11-25(3)20(18)9-12-26(25,4)33/h13,15,18-20,22,29,33H,5-12,14H2,1-4H3,(H,27,30)(H,31,32)/b28-17-/t15-,18-,19+,20+,22+,24+,25+,26+/m1/s1. The summed E-state index contributed by atoms with van der Waals surface area (Å²) >= 11 is 0. The molecule has 190 valence electrons. The number of aliphatic hydroxyl groups is 2. The number of nitrogens with one attached hydrogen (secondary N) is 1. The van der Waals surface area contributed by atoms with E-state index in [2.05, 4.69) is 30.4 Å². The lowest BCUT2D eigenvalue weighted by atomic mass is 9.46. The van der Waals surface area contributed by atoms with Crippen LogP contribution in [0.15, 0.2) is 16.8 Å². The van der Waals surface area contributed by atoms with Gasteiger partial charge in [0, 0.05) is 0 Å². The van der Waals surface area contributed by atoms with Gasteiger partial charge in [0.25, 0.3) is 5.91 Å². The van der Waals surface area contributed by atoms with Crippen molar-refractivity contribution in [3.05, 3.63) is 11.6 Å². The zero-order chi connectivity index (χ0) is 24.9. The lowest BCUT2D eigenvalue weighted by Gasteiger charge is -2.59. The molecule has 34 heavy (non-hydrogen) atoms. The van der Waals surface area contributed by atoms with Crippen molar-refractivity contribution in [1.82, 2.24) is 5.32 Å². The lowest BCUT2D eigenvalue weighted by Crippen LogP contribution is -2.53. The fourth-order valence-corrected chi connectivity index (χ4v) is 7.66. The molecule has 4 aliphatic rings. The van der Waals surface area contributed by atoms with Gasteiger partial charge in [-0.25, -0.2) is 4.79 Å². The minimum atomic E-state index is -1.38. The van der Waals surface area contributed by atoms with Crippen LogP contribution in [0.5, 0.6) is 0 Å². The molecule has 0 aromatic carbocycles. The molecule has 8 atom stereocenters. The Morgan fingerprint density at radius 1 is 1.15 bits per heavy atom. The normalized spacial score (nSPS) is 42.0. The maximum absolute atomic E-state index is 12.0. The van der Waals surface area contributed by atoms with E-state index in [9.17, 15) is 19.8 Å². The Balaban J connectivity index is 1.40. The second kappa shape index (κ2) is 8.94. The van der Waals surface area contributed by atoms with Gasteiger partial charge in [0.15, 0.2) is 12.6 Å². The largest absolute Gasteiger partial charge is 0.480 e. The molecule has 4 N–H and O–H groups in total. The van der Waals surface area contributed by atoms with Gasteiger partial charge in [-0.1, -0.05) is 24.6 Å². The number of amides is 1. The van der Waals surface area contributed by atoms with Gasteiger partial charge in [-0.2, -0.15) is 0 Å². The molecule has 1 amide bonds. The highest BCUT2D eigenvalue weighted by molar-refractivity contribution is 5.96. The van der Waals surface area contributed by atoms with Crippen LogP contribution in [0, 0.1) is 28.6 Å². The number of aliphatic carboxylic acids is 1. The number of hydrogen-bond donors (Lipinski definition) is 4. The van der Waals surface area contributed by atoms with Crippen molar-refractivity contribution < 1.29 is 29.7 Å². The molecule has 0 aromatic rings. The number of carboxylic acids is 1. The number of carboxylic acid groups (broad SMARTS) is 1. The lowest BCUT2D eigenvalue weighted by molar-refractivity contribution is -0.145. The smallest absolute Gasteiger partial charge is 0.328 e. The number of carbonyl (C=O) groups excluding carboxylic acids is 1. The Morgan fingerprint density at radius 3 is 2.53 bits per heavy atom. The number of carbonyl (C=O) groups is 2. The molecule has 4 rings (SSSR count). The number of allylic oxidation sites excluding steroid dienone is 2. The average molecular weight is 477 g/mol. The summed E-state index contributed by atoms with van der Waals surface area (Å²) in [6, 6.07) is -1.38. The molecular formula is C26H40N2O6. The summed E-state index contributed by atoms with van der Waals surface area (Å²) in [5.41, 5.74) is 1.83. The maximum atomic E-state index is 12.0. The molecule has 0 bridgehead atoms. The number of hydrogen-bond acceptors (Lipinski definition) is 6. The Morgan fingerprint density at radius 2 is 1.85 bits per heavy atom. The van der Waals surface area contributed by atoms with Gasteiger partial charge in [-0.15, -0.1) is 0 Å². The van der Waals surface area contributed by atoms with Gasteiger partial charge in [0.1, 0.15) is 0 Å². The number of oxime groups is 1. The van der Waals surface area contributed by atoms with E-state index in [-0.39, 0.29) is 10.8 Å². The van der Waals surface area contributed by atoms with E-state index in [0.29, 0.717) is 17.8 Å². The summed E-state index contributed by atoms with van der Waals surface area (Å²) < 4.78 is 0. The fraction of sp³-hybridized carbons (Fsp3) is 0.808. The molecule has 8 heteroatoms. The zero-order valence-electron chi connectivity index (χ0n) is 20.8. The summed E-state index contributed by atoms with van der Waals surface area (Å²) in [6.45, 7) is 7.67. The van der Waals surface area contributed by atoms with E-state index in [1.165, 1.54) is 12.5 Å². The van der Waals surface area contributed by atoms with E-state index < -0.39 is 36.2 Å². The number of rotatable bonds is 6. The van der Waals surface area contributed by atoms with Crippen LogP contribution in [0.1, 0.15) is 79.1 Å². The Bertz CT molecular complexity index is 896. The highest BCUT2D eigenvalue weighted by atomic mass is 16.6. The number of aliphatic hydroxyl groups excluding tert-OH is 1. The highest BCUT2D eigenvalue weighted by Crippen LogP contribution is 2.67. The third-order valence-corrected chi connectivity index (χ3v) is 9.98. The van der Waals surface area contributed by atoms with E-state index >= 15 is 0 Å². The van der Waals surface area contributed by atoms with Crippen LogP contribution < -0.4 is 5.32 Å². The summed E-state index contributed by atoms with van der Waals surface area (Å²) in [4.78, 5) is 28.3. The molecule has 0 aromatic heterocycles. The van der Waals surface area contributed by atoms with Crippen LogP contribution in [0.25, 0.3) is 0 Å². The number of nitrogens with zero attached hydrogens (tertiary/aromatic N) is 1. The summed E-state index contributed by atoms with van der Waals surface area (Å²) in [5.74, 6) is -0.0617. The molecule has 8 nitrogen and oxygen atoms in total. The van der Waals surface area contributed by atoms with E-state index in [1.54, 1.807) is 0 Å². The van der Waals surface area contributed by atoms with Crippen LogP contribution in [-0.4, -0.2) is 57.3 Å². The van der Waals surface area contributed by atoms with Crippen LogP contribution in [0.2, 0.25) is 0 Å². The number of fused-ring (bicyclic) bond motifs is 5. The first-order chi connectivity index (χ1) is 15.9. The second-order valence-corrected chi connectivity index (χ2v) is 11.8. The predicted octanol–water partition coefficient (Wildman–Crippen LogP) is 3.02. The van der Waals surface area contributed by atoms with Crippen LogP contribution in [-0.2, 0) is 14.4 Å². The van der Waals surface area contributed by atoms with Crippen molar-refractivity contribution in [3.63, 3.8) is 0 Å². The molecule has 3 fully saturated rings. The molecular weight excluding hydrogens is 436 g/mol. The van der Waals surface area contributed by atoms with Crippen molar-refractivity contribution in [3.8, 4) is 0 Å². The first-order valence-corrected chi connectivity index (χ1v) is 12.7. The summed E-state index contributed by atoms with van der Waals surface area (Å²) in [6.07, 6.45) is 9.14. The average Bonchev–Trinajstić information content (AvgIpc) is 3.00. The van der Waals surface area contributed by atoms with E-state index in [0.717, 1.165) is 57.1 Å². The molecule has 4 aliphatic carbocycles. The Kier molecular flexibility index (Phi) is 6.62. The maximum Gasteiger partial charge on any atom is 0.328 e. The minimum absolute atomic E-state index is 0.0227. The molecule has 3 saturated carbocycles. The minimum Gasteiger partial charge on any atom is -0.480 e. The first-order valence-electron chi connectivity index (χ1n) is 12.7. The predicted molar refractivity (Wildman–Crippen MR) is 127 cm³/mol. The Labute approximate surface area is 201 Å². The molecule has 0 spiro atoms. The third-order valence-electron chi connectivity index (χ3n) is 9.98. The van der Waals surface area contributed by atoms with Crippen molar-refractivity contribution in [2.45, 2.75) is 96.8 Å². The van der Waals surface area contributed by atoms with Gasteiger partial charge >= 0.3 is 5.97 Å². The third kappa shape index (κ3) is 4.17. The SMILES string of the molecule is C[C@@H](O)[C@H](NC(=O)CO/N=C1\C=C2CC[C@@H]3[C@H](CC[C@@]4(C)[C@H]3CC[C@]4(C)O)[C@@]2(C)CC1)C(=O)O. The van der Waals surface area contributed by atoms with Crippen molar-refractivity contribution in [2.75, 3.05) is 6.61 Å².